The molecule has 0 aliphatic carbocycles. The van der Waals surface area contributed by atoms with Gasteiger partial charge in [-0.15, -0.1) is 0 Å². The number of halogens is 3. The lowest BCUT2D eigenvalue weighted by Crippen LogP contribution is -2.14. The summed E-state index contributed by atoms with van der Waals surface area (Å²) in [5, 5.41) is 0.371. The Bertz CT molecular complexity index is 662. The van der Waals surface area contributed by atoms with E-state index in [-0.39, 0.29) is 17.9 Å². The van der Waals surface area contributed by atoms with Crippen LogP contribution in [0.25, 0.3) is 0 Å². The molecule has 2 rings (SSSR count). The monoisotopic (exact) mass is 297 g/mol. The number of carbonyl (C=O) groups excluding carboxylic acids is 1. The summed E-state index contributed by atoms with van der Waals surface area (Å²) in [7, 11) is 0. The highest BCUT2D eigenvalue weighted by atomic mass is 35.5. The van der Waals surface area contributed by atoms with E-state index in [4.69, 9.17) is 22.1 Å². The third kappa shape index (κ3) is 3.24. The highest BCUT2D eigenvalue weighted by Gasteiger charge is 2.10. The van der Waals surface area contributed by atoms with Crippen LogP contribution >= 0.6 is 11.6 Å². The van der Waals surface area contributed by atoms with E-state index in [9.17, 15) is 13.6 Å². The predicted octanol–water partition coefficient (Wildman–Crippen LogP) is 3.30. The Morgan fingerprint density at radius 3 is 2.55 bits per heavy atom. The molecule has 0 unspecified atom stereocenters. The molecule has 0 saturated heterocycles. The molecule has 0 radical (unpaired) electrons. The number of benzene rings is 2. The molecule has 0 saturated carbocycles. The van der Waals surface area contributed by atoms with E-state index in [1.165, 1.54) is 12.1 Å². The van der Waals surface area contributed by atoms with Crippen LogP contribution in [-0.2, 0) is 6.61 Å². The fourth-order valence-electron chi connectivity index (χ4n) is 1.63. The van der Waals surface area contributed by atoms with Crippen molar-refractivity contribution >= 4 is 17.5 Å². The average Bonchev–Trinajstić information content (AvgIpc) is 2.41. The molecule has 0 aliphatic rings. The van der Waals surface area contributed by atoms with Crippen molar-refractivity contribution in [3.8, 4) is 5.75 Å². The molecule has 0 spiro atoms. The fourth-order valence-corrected chi connectivity index (χ4v) is 1.80. The molecular weight excluding hydrogens is 288 g/mol. The minimum Gasteiger partial charge on any atom is -0.489 e. The van der Waals surface area contributed by atoms with Crippen LogP contribution in [0.1, 0.15) is 15.9 Å². The van der Waals surface area contributed by atoms with Gasteiger partial charge in [0, 0.05) is 22.2 Å². The second-order valence-corrected chi connectivity index (χ2v) is 4.47. The molecule has 20 heavy (non-hydrogen) atoms. The summed E-state index contributed by atoms with van der Waals surface area (Å²) in [6.07, 6.45) is 0. The summed E-state index contributed by atoms with van der Waals surface area (Å²) in [5.74, 6) is -2.46. The number of nitrogens with two attached hydrogens (primary N) is 1. The first-order chi connectivity index (χ1) is 9.47. The number of rotatable bonds is 4. The lowest BCUT2D eigenvalue weighted by atomic mass is 10.1. The van der Waals surface area contributed by atoms with Crippen LogP contribution in [0.2, 0.25) is 5.02 Å². The van der Waals surface area contributed by atoms with Crippen molar-refractivity contribution in [1.29, 1.82) is 0 Å². The smallest absolute Gasteiger partial charge is 0.249 e. The van der Waals surface area contributed by atoms with E-state index < -0.39 is 17.5 Å². The average molecular weight is 298 g/mol. The van der Waals surface area contributed by atoms with Crippen molar-refractivity contribution < 1.29 is 18.3 Å². The highest BCUT2D eigenvalue weighted by molar-refractivity contribution is 6.31. The van der Waals surface area contributed by atoms with Crippen LogP contribution in [0.15, 0.2) is 36.4 Å². The quantitative estimate of drug-likeness (QED) is 0.941. The Kier molecular flexibility index (Phi) is 4.20. The normalized spacial score (nSPS) is 10.3. The second kappa shape index (κ2) is 5.88. The van der Waals surface area contributed by atoms with Gasteiger partial charge in [-0.1, -0.05) is 17.7 Å². The molecule has 0 bridgehead atoms. The first kappa shape index (κ1) is 14.3. The van der Waals surface area contributed by atoms with Gasteiger partial charge in [0.15, 0.2) is 11.6 Å². The van der Waals surface area contributed by atoms with Crippen molar-refractivity contribution in [3.05, 3.63) is 64.2 Å². The van der Waals surface area contributed by atoms with E-state index in [0.29, 0.717) is 10.6 Å². The minimum atomic E-state index is -1.01. The number of hydrogen-bond acceptors (Lipinski definition) is 2. The van der Waals surface area contributed by atoms with Crippen LogP contribution in [-0.4, -0.2) is 5.91 Å². The maximum Gasteiger partial charge on any atom is 0.249 e. The Morgan fingerprint density at radius 1 is 1.15 bits per heavy atom. The standard InChI is InChI=1S/C14H10ClF2NO2/c15-9-2-1-8(11(5-9)14(18)19)7-20-10-3-4-12(16)13(17)6-10/h1-6H,7H2,(H2,18,19). The minimum absolute atomic E-state index is 0.0134. The highest BCUT2D eigenvalue weighted by Crippen LogP contribution is 2.20. The van der Waals surface area contributed by atoms with Gasteiger partial charge in [0.2, 0.25) is 5.91 Å². The van der Waals surface area contributed by atoms with Crippen molar-refractivity contribution in [1.82, 2.24) is 0 Å². The number of ether oxygens (including phenoxy) is 1. The van der Waals surface area contributed by atoms with Crippen LogP contribution in [0.3, 0.4) is 0 Å². The van der Waals surface area contributed by atoms with Gasteiger partial charge in [0.1, 0.15) is 12.4 Å². The van der Waals surface area contributed by atoms with Gasteiger partial charge in [0.25, 0.3) is 0 Å². The first-order valence-corrected chi connectivity index (χ1v) is 6.01. The van der Waals surface area contributed by atoms with Crippen LogP contribution in [0.4, 0.5) is 8.78 Å². The van der Waals surface area contributed by atoms with E-state index in [1.54, 1.807) is 12.1 Å². The van der Waals surface area contributed by atoms with Crippen LogP contribution < -0.4 is 10.5 Å². The summed E-state index contributed by atoms with van der Waals surface area (Å²) >= 11 is 5.78. The van der Waals surface area contributed by atoms with Gasteiger partial charge >= 0.3 is 0 Å². The molecule has 104 valence electrons. The molecule has 2 aromatic rings. The molecule has 0 atom stereocenters. The topological polar surface area (TPSA) is 52.3 Å². The van der Waals surface area contributed by atoms with Gasteiger partial charge in [-0.3, -0.25) is 4.79 Å². The molecule has 6 heteroatoms. The first-order valence-electron chi connectivity index (χ1n) is 5.63. The molecule has 0 aromatic heterocycles. The third-order valence-corrected chi connectivity index (χ3v) is 2.86. The summed E-state index contributed by atoms with van der Waals surface area (Å²) in [5.41, 5.74) is 5.96. The van der Waals surface area contributed by atoms with E-state index >= 15 is 0 Å². The summed E-state index contributed by atoms with van der Waals surface area (Å²) in [4.78, 5) is 11.3. The number of carbonyl (C=O) groups is 1. The number of amides is 1. The SMILES string of the molecule is NC(=O)c1cc(Cl)ccc1COc1ccc(F)c(F)c1. The lowest BCUT2D eigenvalue weighted by molar-refractivity contribution is 0.0998. The van der Waals surface area contributed by atoms with Gasteiger partial charge in [-0.25, -0.2) is 8.78 Å². The lowest BCUT2D eigenvalue weighted by Gasteiger charge is -2.10. The van der Waals surface area contributed by atoms with Gasteiger partial charge in [0.05, 0.1) is 0 Å². The zero-order chi connectivity index (χ0) is 14.7. The Balaban J connectivity index is 2.18. The molecule has 2 N–H and O–H groups in total. The largest absolute Gasteiger partial charge is 0.489 e. The number of hydrogen-bond donors (Lipinski definition) is 1. The zero-order valence-electron chi connectivity index (χ0n) is 10.2. The van der Waals surface area contributed by atoms with Gasteiger partial charge < -0.3 is 10.5 Å². The molecular formula is C14H10ClF2NO2. The Hall–Kier alpha value is -2.14. The predicted molar refractivity (Wildman–Crippen MR) is 70.7 cm³/mol. The maximum absolute atomic E-state index is 13.0. The summed E-state index contributed by atoms with van der Waals surface area (Å²) in [6, 6.07) is 7.77. The summed E-state index contributed by atoms with van der Waals surface area (Å²) in [6.45, 7) is -0.0134. The molecule has 1 amide bonds. The molecule has 3 nitrogen and oxygen atoms in total. The third-order valence-electron chi connectivity index (χ3n) is 2.62. The second-order valence-electron chi connectivity index (χ2n) is 4.03. The number of primary amides is 1. The van der Waals surface area contributed by atoms with E-state index in [1.807, 2.05) is 0 Å². The molecule has 0 fully saturated rings. The Morgan fingerprint density at radius 2 is 1.90 bits per heavy atom. The van der Waals surface area contributed by atoms with Crippen LogP contribution in [0, 0.1) is 11.6 Å². The van der Waals surface area contributed by atoms with E-state index in [0.717, 1.165) is 12.1 Å². The zero-order valence-corrected chi connectivity index (χ0v) is 11.0. The molecule has 0 aliphatic heterocycles. The molecule has 2 aromatic carbocycles. The summed E-state index contributed by atoms with van der Waals surface area (Å²) < 4.78 is 31.1. The fraction of sp³-hybridized carbons (Fsp3) is 0.0714. The molecule has 0 heterocycles. The van der Waals surface area contributed by atoms with Crippen molar-refractivity contribution in [2.24, 2.45) is 5.73 Å². The van der Waals surface area contributed by atoms with E-state index in [2.05, 4.69) is 0 Å². The maximum atomic E-state index is 13.0. The Labute approximate surface area is 118 Å². The van der Waals surface area contributed by atoms with Crippen LogP contribution in [0.5, 0.6) is 5.75 Å². The van der Waals surface area contributed by atoms with Crippen molar-refractivity contribution in [2.45, 2.75) is 6.61 Å². The van der Waals surface area contributed by atoms with Crippen molar-refractivity contribution in [2.75, 3.05) is 0 Å². The van der Waals surface area contributed by atoms with Gasteiger partial charge in [-0.05, 0) is 24.3 Å². The van der Waals surface area contributed by atoms with Crippen molar-refractivity contribution in [3.63, 3.8) is 0 Å². The van der Waals surface area contributed by atoms with Gasteiger partial charge in [-0.2, -0.15) is 0 Å².